The smallest absolute Gasteiger partial charge is 0.378 e. The lowest BCUT2D eigenvalue weighted by Gasteiger charge is -2.44. The number of β-amino-alcohol motifs (C(OH)–C–C–N with tert-alkyl or cyclic N) is 1. The van der Waals surface area contributed by atoms with E-state index in [4.69, 9.17) is 0 Å². The van der Waals surface area contributed by atoms with Crippen molar-refractivity contribution in [2.24, 2.45) is 0 Å². The maximum atomic E-state index is 13.2. The van der Waals surface area contributed by atoms with Gasteiger partial charge < -0.3 is 10.0 Å². The second kappa shape index (κ2) is 4.98. The van der Waals surface area contributed by atoms with E-state index in [1.54, 1.807) is 0 Å². The zero-order valence-electron chi connectivity index (χ0n) is 11.3. The second-order valence-corrected chi connectivity index (χ2v) is 5.12. The van der Waals surface area contributed by atoms with Crippen molar-refractivity contribution in [3.8, 4) is 0 Å². The fraction of sp³-hybridized carbons (Fsp3) is 0.333. The van der Waals surface area contributed by atoms with E-state index in [-0.39, 0.29) is 24.5 Å². The Morgan fingerprint density at radius 3 is 2.61 bits per heavy atom. The monoisotopic (exact) mass is 331 g/mol. The number of halogens is 4. The fourth-order valence-electron chi connectivity index (χ4n) is 2.29. The lowest BCUT2D eigenvalue weighted by atomic mass is 9.92. The molecule has 7 nitrogen and oxygen atoms in total. The Bertz CT molecular complexity index is 740. The van der Waals surface area contributed by atoms with E-state index >= 15 is 0 Å². The number of hydrogen-bond donors (Lipinski definition) is 2. The van der Waals surface area contributed by atoms with E-state index in [1.807, 2.05) is 0 Å². The van der Waals surface area contributed by atoms with Crippen LogP contribution in [-0.2, 0) is 11.8 Å². The number of aliphatic hydroxyl groups is 1. The molecule has 0 radical (unpaired) electrons. The number of aromatic amines is 1. The molecule has 0 saturated carbocycles. The molecule has 2 aromatic rings. The summed E-state index contributed by atoms with van der Waals surface area (Å²) < 4.78 is 51.2. The van der Waals surface area contributed by atoms with Crippen molar-refractivity contribution < 1.29 is 27.5 Å². The molecule has 2 N–H and O–H groups in total. The van der Waals surface area contributed by atoms with E-state index in [0.29, 0.717) is 12.1 Å². The van der Waals surface area contributed by atoms with Gasteiger partial charge in [-0.05, 0) is 18.2 Å². The molecule has 23 heavy (non-hydrogen) atoms. The van der Waals surface area contributed by atoms with Gasteiger partial charge in [-0.1, -0.05) is 5.21 Å². The summed E-state index contributed by atoms with van der Waals surface area (Å²) in [4.78, 5) is 13.2. The molecule has 1 saturated heterocycles. The van der Waals surface area contributed by atoms with Gasteiger partial charge in [-0.15, -0.1) is 10.2 Å². The predicted molar refractivity (Wildman–Crippen MR) is 65.4 cm³/mol. The van der Waals surface area contributed by atoms with Crippen molar-refractivity contribution >= 4 is 5.91 Å². The Hall–Kier alpha value is -2.56. The van der Waals surface area contributed by atoms with Crippen LogP contribution in [0.25, 0.3) is 0 Å². The van der Waals surface area contributed by atoms with Gasteiger partial charge in [0.25, 0.3) is 5.91 Å². The molecule has 0 spiro atoms. The number of aromatic nitrogens is 4. The number of nitrogens with one attached hydrogen (secondary N) is 1. The molecule has 0 unspecified atom stereocenters. The van der Waals surface area contributed by atoms with Crippen LogP contribution in [0.1, 0.15) is 21.7 Å². The van der Waals surface area contributed by atoms with Crippen LogP contribution in [0.15, 0.2) is 18.2 Å². The normalized spacial score (nSPS) is 17.0. The minimum absolute atomic E-state index is 0.0170. The Morgan fingerprint density at radius 2 is 2.04 bits per heavy atom. The molecule has 0 bridgehead atoms. The van der Waals surface area contributed by atoms with Crippen molar-refractivity contribution in [3.63, 3.8) is 0 Å². The Balaban J connectivity index is 1.78. The van der Waals surface area contributed by atoms with Crippen molar-refractivity contribution in [2.75, 3.05) is 13.1 Å². The molecule has 3 rings (SSSR count). The molecule has 122 valence electrons. The first-order chi connectivity index (χ1) is 10.7. The number of alkyl halides is 3. The molecule has 2 heterocycles. The van der Waals surface area contributed by atoms with Gasteiger partial charge in [0.1, 0.15) is 5.82 Å². The Labute approximate surface area is 125 Å². The van der Waals surface area contributed by atoms with E-state index < -0.39 is 29.1 Å². The van der Waals surface area contributed by atoms with Crippen LogP contribution in [-0.4, -0.2) is 49.6 Å². The van der Waals surface area contributed by atoms with Crippen molar-refractivity contribution in [1.29, 1.82) is 0 Å². The van der Waals surface area contributed by atoms with Gasteiger partial charge in [0, 0.05) is 5.56 Å². The number of nitrogens with zero attached hydrogens (tertiary/aromatic N) is 4. The van der Waals surface area contributed by atoms with Gasteiger partial charge >= 0.3 is 6.18 Å². The lowest BCUT2D eigenvalue weighted by molar-refractivity contribution is -0.140. The average molecular weight is 331 g/mol. The van der Waals surface area contributed by atoms with Crippen LogP contribution >= 0.6 is 0 Å². The molecular weight excluding hydrogens is 322 g/mol. The first-order valence-electron chi connectivity index (χ1n) is 6.33. The van der Waals surface area contributed by atoms with Gasteiger partial charge in [0.05, 0.1) is 18.7 Å². The zero-order chi connectivity index (χ0) is 16.8. The Morgan fingerprint density at radius 1 is 1.35 bits per heavy atom. The highest BCUT2D eigenvalue weighted by Crippen LogP contribution is 2.34. The maximum absolute atomic E-state index is 13.2. The first kappa shape index (κ1) is 15.3. The Kier molecular flexibility index (Phi) is 3.32. The largest absolute Gasteiger partial charge is 0.419 e. The third-order valence-electron chi connectivity index (χ3n) is 3.47. The number of likely N-dealkylation sites (tertiary alicyclic amines) is 1. The van der Waals surface area contributed by atoms with Crippen molar-refractivity contribution in [3.05, 3.63) is 41.0 Å². The van der Waals surface area contributed by atoms with Crippen LogP contribution in [0.5, 0.6) is 0 Å². The standard InChI is InChI=1S/C12H9F4N5O2/c13-8-2-1-6(3-7(8)12(14,15)16)9(22)21-4-11(23,5-21)10-17-19-20-18-10/h1-3,23H,4-5H2,(H,17,18,19,20). The van der Waals surface area contributed by atoms with Crippen molar-refractivity contribution in [1.82, 2.24) is 25.5 Å². The SMILES string of the molecule is O=C(c1ccc(F)c(C(F)(F)F)c1)N1CC(O)(c2nn[nH]n2)C1. The van der Waals surface area contributed by atoms with Gasteiger partial charge in [-0.2, -0.15) is 18.4 Å². The number of carbonyl (C=O) groups is 1. The number of tetrazole rings is 1. The fourth-order valence-corrected chi connectivity index (χ4v) is 2.29. The number of hydrogen-bond acceptors (Lipinski definition) is 5. The van der Waals surface area contributed by atoms with Gasteiger partial charge in [-0.3, -0.25) is 4.79 Å². The molecule has 1 fully saturated rings. The topological polar surface area (TPSA) is 95.0 Å². The van der Waals surface area contributed by atoms with E-state index in [0.717, 1.165) is 11.0 Å². The van der Waals surface area contributed by atoms with Gasteiger partial charge in [0.15, 0.2) is 5.60 Å². The van der Waals surface area contributed by atoms with Crippen molar-refractivity contribution in [2.45, 2.75) is 11.8 Å². The number of benzene rings is 1. The molecule has 1 aliphatic rings. The summed E-state index contributed by atoms with van der Waals surface area (Å²) >= 11 is 0. The summed E-state index contributed by atoms with van der Waals surface area (Å²) in [6.45, 7) is -0.409. The van der Waals surface area contributed by atoms with Crippen LogP contribution in [0, 0.1) is 5.82 Å². The summed E-state index contributed by atoms with van der Waals surface area (Å²) in [6.07, 6.45) is -4.90. The first-order valence-corrected chi connectivity index (χ1v) is 6.33. The highest BCUT2D eigenvalue weighted by atomic mass is 19.4. The number of amides is 1. The highest BCUT2D eigenvalue weighted by molar-refractivity contribution is 5.95. The number of rotatable bonds is 2. The molecule has 1 amide bonds. The molecular formula is C12H9F4N5O2. The lowest BCUT2D eigenvalue weighted by Crippen LogP contribution is -2.61. The summed E-state index contributed by atoms with van der Waals surface area (Å²) in [7, 11) is 0. The second-order valence-electron chi connectivity index (χ2n) is 5.12. The average Bonchev–Trinajstić information content (AvgIpc) is 2.97. The van der Waals surface area contributed by atoms with E-state index in [9.17, 15) is 27.5 Å². The van der Waals surface area contributed by atoms with E-state index in [2.05, 4.69) is 20.6 Å². The van der Waals surface area contributed by atoms with Crippen LogP contribution in [0.2, 0.25) is 0 Å². The molecule has 0 atom stereocenters. The maximum Gasteiger partial charge on any atom is 0.419 e. The molecule has 11 heteroatoms. The number of carbonyl (C=O) groups excluding carboxylic acids is 1. The minimum Gasteiger partial charge on any atom is -0.378 e. The molecule has 0 aliphatic carbocycles. The quantitative estimate of drug-likeness (QED) is 0.790. The molecule has 1 aromatic heterocycles. The summed E-state index contributed by atoms with van der Waals surface area (Å²) in [6, 6.07) is 1.99. The molecule has 1 aromatic carbocycles. The predicted octanol–water partition coefficient (Wildman–Crippen LogP) is 0.701. The van der Waals surface area contributed by atoms with E-state index in [1.165, 1.54) is 0 Å². The van der Waals surface area contributed by atoms with Crippen LogP contribution in [0.4, 0.5) is 17.6 Å². The minimum atomic E-state index is -4.90. The van der Waals surface area contributed by atoms with Gasteiger partial charge in [0.2, 0.25) is 5.82 Å². The third-order valence-corrected chi connectivity index (χ3v) is 3.47. The highest BCUT2D eigenvalue weighted by Gasteiger charge is 2.48. The molecule has 1 aliphatic heterocycles. The van der Waals surface area contributed by atoms with Crippen LogP contribution in [0.3, 0.4) is 0 Å². The summed E-state index contributed by atoms with van der Waals surface area (Å²) in [5.41, 5.74) is -3.35. The number of H-pyrrole nitrogens is 1. The summed E-state index contributed by atoms with van der Waals surface area (Å²) in [5, 5.41) is 22.8. The van der Waals surface area contributed by atoms with Gasteiger partial charge in [-0.25, -0.2) is 4.39 Å². The third kappa shape index (κ3) is 2.63. The zero-order valence-corrected chi connectivity index (χ0v) is 11.3. The summed E-state index contributed by atoms with van der Waals surface area (Å²) in [5.74, 6) is -2.23. The van der Waals surface area contributed by atoms with Crippen LogP contribution < -0.4 is 0 Å².